The maximum absolute atomic E-state index is 13.8. The molecule has 100 valence electrons. The van der Waals surface area contributed by atoms with E-state index < -0.39 is 15.8 Å². The SMILES string of the molecule is CC1CN(Cc2ccc(CN)cc2F)S(=O)(=O)C1. The van der Waals surface area contributed by atoms with Gasteiger partial charge < -0.3 is 5.73 Å². The third-order valence-corrected chi connectivity index (χ3v) is 5.16. The monoisotopic (exact) mass is 272 g/mol. The van der Waals surface area contributed by atoms with Crippen LogP contribution in [0.2, 0.25) is 0 Å². The lowest BCUT2D eigenvalue weighted by molar-refractivity contribution is 0.401. The minimum absolute atomic E-state index is 0.0985. The fourth-order valence-electron chi connectivity index (χ4n) is 2.18. The summed E-state index contributed by atoms with van der Waals surface area (Å²) in [5.41, 5.74) is 6.52. The van der Waals surface area contributed by atoms with Crippen LogP contribution in [-0.2, 0) is 23.1 Å². The Morgan fingerprint density at radius 3 is 2.72 bits per heavy atom. The molecule has 0 aromatic heterocycles. The van der Waals surface area contributed by atoms with Crippen molar-refractivity contribution in [3.63, 3.8) is 0 Å². The first-order valence-corrected chi connectivity index (χ1v) is 7.48. The molecular formula is C12H17FN2O2S. The van der Waals surface area contributed by atoms with Crippen molar-refractivity contribution in [3.8, 4) is 0 Å². The highest BCUT2D eigenvalue weighted by Gasteiger charge is 2.33. The van der Waals surface area contributed by atoms with Crippen LogP contribution < -0.4 is 5.73 Å². The fourth-order valence-corrected chi connectivity index (χ4v) is 4.03. The number of nitrogens with zero attached hydrogens (tertiary/aromatic N) is 1. The summed E-state index contributed by atoms with van der Waals surface area (Å²) < 4.78 is 38.7. The molecule has 18 heavy (non-hydrogen) atoms. The highest BCUT2D eigenvalue weighted by Crippen LogP contribution is 2.22. The van der Waals surface area contributed by atoms with E-state index >= 15 is 0 Å². The molecule has 1 aliphatic rings. The van der Waals surface area contributed by atoms with Crippen LogP contribution in [0.15, 0.2) is 18.2 Å². The van der Waals surface area contributed by atoms with E-state index in [-0.39, 0.29) is 24.8 Å². The molecule has 4 nitrogen and oxygen atoms in total. The Balaban J connectivity index is 2.20. The van der Waals surface area contributed by atoms with Crippen LogP contribution in [0.25, 0.3) is 0 Å². The maximum atomic E-state index is 13.8. The Hall–Kier alpha value is -0.980. The van der Waals surface area contributed by atoms with Crippen LogP contribution in [0.1, 0.15) is 18.1 Å². The lowest BCUT2D eigenvalue weighted by atomic mass is 10.1. The van der Waals surface area contributed by atoms with Gasteiger partial charge in [0.15, 0.2) is 0 Å². The van der Waals surface area contributed by atoms with Gasteiger partial charge in [-0.2, -0.15) is 4.31 Å². The van der Waals surface area contributed by atoms with Gasteiger partial charge in [-0.25, -0.2) is 12.8 Å². The molecule has 2 N–H and O–H groups in total. The smallest absolute Gasteiger partial charge is 0.214 e. The highest BCUT2D eigenvalue weighted by atomic mass is 32.2. The lowest BCUT2D eigenvalue weighted by Crippen LogP contribution is -2.25. The molecule has 0 radical (unpaired) electrons. The van der Waals surface area contributed by atoms with Gasteiger partial charge in [0.25, 0.3) is 0 Å². The number of halogens is 1. The van der Waals surface area contributed by atoms with Crippen molar-refractivity contribution in [2.75, 3.05) is 12.3 Å². The van der Waals surface area contributed by atoms with E-state index in [0.717, 1.165) is 0 Å². The zero-order valence-corrected chi connectivity index (χ0v) is 11.1. The van der Waals surface area contributed by atoms with Crippen molar-refractivity contribution in [1.29, 1.82) is 0 Å². The predicted octanol–water partition coefficient (Wildman–Crippen LogP) is 1.07. The minimum atomic E-state index is -3.22. The molecule has 6 heteroatoms. The van der Waals surface area contributed by atoms with Gasteiger partial charge in [-0.1, -0.05) is 19.1 Å². The van der Waals surface area contributed by atoms with Gasteiger partial charge in [0, 0.05) is 25.2 Å². The predicted molar refractivity (Wildman–Crippen MR) is 67.7 cm³/mol. The second-order valence-electron chi connectivity index (χ2n) is 4.81. The lowest BCUT2D eigenvalue weighted by Gasteiger charge is -2.15. The normalized spacial score (nSPS) is 23.4. The summed E-state index contributed by atoms with van der Waals surface area (Å²) in [7, 11) is -3.22. The molecule has 1 aromatic rings. The Kier molecular flexibility index (Phi) is 3.70. The third kappa shape index (κ3) is 2.71. The molecule has 0 amide bonds. The summed E-state index contributed by atoms with van der Waals surface area (Å²) in [4.78, 5) is 0. The van der Waals surface area contributed by atoms with E-state index in [1.807, 2.05) is 6.92 Å². The fraction of sp³-hybridized carbons (Fsp3) is 0.500. The summed E-state index contributed by atoms with van der Waals surface area (Å²) in [6, 6.07) is 4.70. The Labute approximate surface area is 107 Å². The topological polar surface area (TPSA) is 63.4 Å². The van der Waals surface area contributed by atoms with Crippen molar-refractivity contribution in [1.82, 2.24) is 4.31 Å². The van der Waals surface area contributed by atoms with Crippen molar-refractivity contribution in [2.45, 2.75) is 20.0 Å². The molecule has 0 spiro atoms. The summed E-state index contributed by atoms with van der Waals surface area (Å²) >= 11 is 0. The first kappa shape index (κ1) is 13.5. The number of hydrogen-bond acceptors (Lipinski definition) is 3. The number of rotatable bonds is 3. The molecule has 0 saturated carbocycles. The average Bonchev–Trinajstić information content (AvgIpc) is 2.54. The number of nitrogens with two attached hydrogens (primary N) is 1. The van der Waals surface area contributed by atoms with Gasteiger partial charge in [-0.3, -0.25) is 0 Å². The van der Waals surface area contributed by atoms with Crippen LogP contribution in [-0.4, -0.2) is 25.0 Å². The summed E-state index contributed by atoms with van der Waals surface area (Å²) in [5.74, 6) is -0.149. The van der Waals surface area contributed by atoms with E-state index in [0.29, 0.717) is 17.7 Å². The van der Waals surface area contributed by atoms with Gasteiger partial charge >= 0.3 is 0 Å². The average molecular weight is 272 g/mol. The minimum Gasteiger partial charge on any atom is -0.326 e. The van der Waals surface area contributed by atoms with E-state index in [4.69, 9.17) is 5.73 Å². The first-order chi connectivity index (χ1) is 8.42. The molecule has 1 fully saturated rings. The molecule has 1 unspecified atom stereocenters. The van der Waals surface area contributed by atoms with E-state index in [9.17, 15) is 12.8 Å². The molecule has 2 rings (SSSR count). The number of sulfonamides is 1. The zero-order valence-electron chi connectivity index (χ0n) is 10.3. The van der Waals surface area contributed by atoms with E-state index in [1.165, 1.54) is 10.4 Å². The number of benzene rings is 1. The molecule has 1 aliphatic heterocycles. The largest absolute Gasteiger partial charge is 0.326 e. The van der Waals surface area contributed by atoms with Crippen LogP contribution in [0, 0.1) is 11.7 Å². The molecule has 1 saturated heterocycles. The van der Waals surface area contributed by atoms with Gasteiger partial charge in [-0.05, 0) is 17.5 Å². The Morgan fingerprint density at radius 1 is 1.50 bits per heavy atom. The molecular weight excluding hydrogens is 255 g/mol. The van der Waals surface area contributed by atoms with Crippen LogP contribution in [0.4, 0.5) is 4.39 Å². The van der Waals surface area contributed by atoms with Gasteiger partial charge in [-0.15, -0.1) is 0 Å². The highest BCUT2D eigenvalue weighted by molar-refractivity contribution is 7.89. The van der Waals surface area contributed by atoms with Crippen molar-refractivity contribution >= 4 is 10.0 Å². The van der Waals surface area contributed by atoms with Crippen molar-refractivity contribution in [2.24, 2.45) is 11.7 Å². The molecule has 1 heterocycles. The summed E-state index contributed by atoms with van der Waals surface area (Å²) in [6.07, 6.45) is 0. The maximum Gasteiger partial charge on any atom is 0.214 e. The van der Waals surface area contributed by atoms with E-state index in [1.54, 1.807) is 12.1 Å². The van der Waals surface area contributed by atoms with Crippen LogP contribution in [0.5, 0.6) is 0 Å². The van der Waals surface area contributed by atoms with Crippen molar-refractivity contribution in [3.05, 3.63) is 35.1 Å². The summed E-state index contributed by atoms with van der Waals surface area (Å²) in [6.45, 7) is 2.71. The van der Waals surface area contributed by atoms with Crippen LogP contribution in [0.3, 0.4) is 0 Å². The quantitative estimate of drug-likeness (QED) is 0.895. The van der Waals surface area contributed by atoms with Gasteiger partial charge in [0.2, 0.25) is 10.0 Å². The zero-order chi connectivity index (χ0) is 13.3. The number of hydrogen-bond donors (Lipinski definition) is 1. The third-order valence-electron chi connectivity index (χ3n) is 3.10. The second-order valence-corrected chi connectivity index (χ2v) is 6.82. The first-order valence-electron chi connectivity index (χ1n) is 5.87. The molecule has 1 atom stereocenters. The van der Waals surface area contributed by atoms with Crippen LogP contribution >= 0.6 is 0 Å². The molecule has 0 bridgehead atoms. The Bertz CT molecular complexity index is 545. The Morgan fingerprint density at radius 2 is 2.22 bits per heavy atom. The second kappa shape index (κ2) is 4.95. The summed E-state index contributed by atoms with van der Waals surface area (Å²) in [5, 5.41) is 0. The molecule has 0 aliphatic carbocycles. The van der Waals surface area contributed by atoms with Gasteiger partial charge in [0.05, 0.1) is 5.75 Å². The standard InChI is InChI=1S/C12H17FN2O2S/c1-9-6-15(18(16,17)8-9)7-11-3-2-10(5-14)4-12(11)13/h2-4,9H,5-8,14H2,1H3. The van der Waals surface area contributed by atoms with E-state index in [2.05, 4.69) is 0 Å². The van der Waals surface area contributed by atoms with Crippen molar-refractivity contribution < 1.29 is 12.8 Å². The van der Waals surface area contributed by atoms with Gasteiger partial charge in [0.1, 0.15) is 5.82 Å². The molecule has 1 aromatic carbocycles.